The lowest BCUT2D eigenvalue weighted by Crippen LogP contribution is -2.48. The van der Waals surface area contributed by atoms with Gasteiger partial charge >= 0.3 is 12.0 Å². The molecule has 116 valence electrons. The molecule has 0 aliphatic heterocycles. The molecule has 2 amide bonds. The van der Waals surface area contributed by atoms with E-state index >= 15 is 0 Å². The molecule has 1 unspecified atom stereocenters. The number of aryl methyl sites for hydroxylation is 2. The number of urea groups is 1. The maximum absolute atomic E-state index is 13.5. The predicted molar refractivity (Wildman–Crippen MR) is 74.5 cm³/mol. The van der Waals surface area contributed by atoms with Gasteiger partial charge in [0.15, 0.2) is 6.04 Å². The fourth-order valence-corrected chi connectivity index (χ4v) is 1.87. The van der Waals surface area contributed by atoms with Gasteiger partial charge in [0.25, 0.3) is 0 Å². The molecule has 1 atom stereocenters. The molecule has 1 aromatic carbocycles. The van der Waals surface area contributed by atoms with Gasteiger partial charge in [-0.1, -0.05) is 12.1 Å². The van der Waals surface area contributed by atoms with Crippen LogP contribution in [0.1, 0.15) is 16.7 Å². The van der Waals surface area contributed by atoms with Crippen molar-refractivity contribution in [3.8, 4) is 0 Å². The summed E-state index contributed by atoms with van der Waals surface area (Å²) in [6.45, 7) is 3.33. The summed E-state index contributed by atoms with van der Waals surface area (Å²) in [6, 6.07) is 1.52. The number of rotatable bonds is 6. The molecule has 21 heavy (non-hydrogen) atoms. The van der Waals surface area contributed by atoms with Crippen LogP contribution in [0.25, 0.3) is 0 Å². The van der Waals surface area contributed by atoms with E-state index in [-0.39, 0.29) is 19.0 Å². The first kappa shape index (κ1) is 16.9. The van der Waals surface area contributed by atoms with Crippen LogP contribution in [0.3, 0.4) is 0 Å². The summed E-state index contributed by atoms with van der Waals surface area (Å²) in [6.07, 6.45) is 0. The lowest BCUT2D eigenvalue weighted by molar-refractivity contribution is -0.140. The number of hydrogen-bond donors (Lipinski definition) is 3. The number of carboxylic acids is 1. The van der Waals surface area contributed by atoms with Gasteiger partial charge in [-0.05, 0) is 30.5 Å². The lowest BCUT2D eigenvalue weighted by Gasteiger charge is -2.14. The molecule has 7 heteroatoms. The van der Waals surface area contributed by atoms with E-state index in [1.54, 1.807) is 26.0 Å². The Balaban J connectivity index is 2.58. The van der Waals surface area contributed by atoms with Gasteiger partial charge in [-0.3, -0.25) is 0 Å². The number of benzene rings is 1. The number of halogens is 1. The smallest absolute Gasteiger partial charge is 0.328 e. The molecule has 0 bridgehead atoms. The maximum Gasteiger partial charge on any atom is 0.328 e. The van der Waals surface area contributed by atoms with Crippen LogP contribution < -0.4 is 10.6 Å². The van der Waals surface area contributed by atoms with Crippen molar-refractivity contribution in [2.75, 3.05) is 13.7 Å². The van der Waals surface area contributed by atoms with Gasteiger partial charge in [-0.15, -0.1) is 0 Å². The summed E-state index contributed by atoms with van der Waals surface area (Å²) < 4.78 is 18.2. The molecule has 3 N–H and O–H groups in total. The summed E-state index contributed by atoms with van der Waals surface area (Å²) in [5.74, 6) is -1.45. The van der Waals surface area contributed by atoms with Gasteiger partial charge in [-0.25, -0.2) is 14.0 Å². The summed E-state index contributed by atoms with van der Waals surface area (Å²) in [5.41, 5.74) is 1.73. The van der Waals surface area contributed by atoms with E-state index in [2.05, 4.69) is 10.6 Å². The van der Waals surface area contributed by atoms with Crippen molar-refractivity contribution in [1.82, 2.24) is 10.6 Å². The van der Waals surface area contributed by atoms with Crippen LogP contribution >= 0.6 is 0 Å². The molecule has 0 aliphatic carbocycles. The minimum atomic E-state index is -1.18. The highest BCUT2D eigenvalue weighted by atomic mass is 19.1. The van der Waals surface area contributed by atoms with Gasteiger partial charge in [0.05, 0.1) is 6.61 Å². The van der Waals surface area contributed by atoms with Crippen LogP contribution in [-0.4, -0.2) is 36.9 Å². The Kier molecular flexibility index (Phi) is 6.10. The molecule has 6 nitrogen and oxygen atoms in total. The third-order valence-electron chi connectivity index (χ3n) is 2.89. The van der Waals surface area contributed by atoms with Crippen LogP contribution in [0.4, 0.5) is 9.18 Å². The molecular formula is C14H19FN2O4. The number of nitrogens with one attached hydrogen (secondary N) is 2. The Bertz CT molecular complexity index is 511. The Morgan fingerprint density at radius 3 is 2.38 bits per heavy atom. The van der Waals surface area contributed by atoms with Crippen LogP contribution in [0.2, 0.25) is 0 Å². The van der Waals surface area contributed by atoms with E-state index in [4.69, 9.17) is 9.84 Å². The van der Waals surface area contributed by atoms with Crippen molar-refractivity contribution in [2.45, 2.75) is 26.4 Å². The monoisotopic (exact) mass is 298 g/mol. The SMILES string of the molecule is COCC(NC(=O)NCc1cc(C)c(F)c(C)c1)C(=O)O. The molecule has 0 aliphatic rings. The number of methoxy groups -OCH3 is 1. The molecule has 1 rings (SSSR count). The van der Waals surface area contributed by atoms with Crippen molar-refractivity contribution < 1.29 is 23.8 Å². The first-order valence-corrected chi connectivity index (χ1v) is 6.37. The Morgan fingerprint density at radius 2 is 1.90 bits per heavy atom. The fraction of sp³-hybridized carbons (Fsp3) is 0.429. The molecule has 0 spiro atoms. The van der Waals surface area contributed by atoms with E-state index in [0.717, 1.165) is 5.56 Å². The Labute approximate surface area is 122 Å². The second-order valence-electron chi connectivity index (χ2n) is 4.72. The zero-order valence-corrected chi connectivity index (χ0v) is 12.2. The molecule has 0 saturated heterocycles. The number of aliphatic carboxylic acids is 1. The molecule has 0 fully saturated rings. The number of carbonyl (C=O) groups is 2. The van der Waals surface area contributed by atoms with Gasteiger partial charge in [-0.2, -0.15) is 0 Å². The second kappa shape index (κ2) is 7.58. The highest BCUT2D eigenvalue weighted by Crippen LogP contribution is 2.14. The molecule has 0 saturated carbocycles. The highest BCUT2D eigenvalue weighted by Gasteiger charge is 2.19. The van der Waals surface area contributed by atoms with Crippen molar-refractivity contribution in [1.29, 1.82) is 0 Å². The largest absolute Gasteiger partial charge is 0.480 e. The molecular weight excluding hydrogens is 279 g/mol. The average Bonchev–Trinajstić information content (AvgIpc) is 2.41. The number of hydrogen-bond acceptors (Lipinski definition) is 3. The summed E-state index contributed by atoms with van der Waals surface area (Å²) in [5, 5.41) is 13.7. The zero-order valence-electron chi connectivity index (χ0n) is 12.2. The van der Waals surface area contributed by atoms with Crippen molar-refractivity contribution >= 4 is 12.0 Å². The van der Waals surface area contributed by atoms with Crippen LogP contribution in [0.5, 0.6) is 0 Å². The van der Waals surface area contributed by atoms with E-state index < -0.39 is 18.0 Å². The minimum Gasteiger partial charge on any atom is -0.480 e. The Hall–Kier alpha value is -2.15. The van der Waals surface area contributed by atoms with E-state index in [1.807, 2.05) is 0 Å². The van der Waals surface area contributed by atoms with E-state index in [9.17, 15) is 14.0 Å². The van der Waals surface area contributed by atoms with Crippen LogP contribution in [0, 0.1) is 19.7 Å². The number of amides is 2. The quantitative estimate of drug-likeness (QED) is 0.739. The van der Waals surface area contributed by atoms with Gasteiger partial charge in [0.1, 0.15) is 5.82 Å². The van der Waals surface area contributed by atoms with Crippen molar-refractivity contribution in [3.05, 3.63) is 34.6 Å². The standard InChI is InChI=1S/C14H19FN2O4/c1-8-4-10(5-9(2)12(8)15)6-16-14(20)17-11(7-21-3)13(18)19/h4-5,11H,6-7H2,1-3H3,(H,18,19)(H2,16,17,20). The summed E-state index contributed by atoms with van der Waals surface area (Å²) in [7, 11) is 1.35. The average molecular weight is 298 g/mol. The van der Waals surface area contributed by atoms with Gasteiger partial charge < -0.3 is 20.5 Å². The predicted octanol–water partition coefficient (Wildman–Crippen LogP) is 1.34. The number of carbonyl (C=O) groups excluding carboxylic acids is 1. The van der Waals surface area contributed by atoms with Gasteiger partial charge in [0.2, 0.25) is 0 Å². The lowest BCUT2D eigenvalue weighted by atomic mass is 10.1. The maximum atomic E-state index is 13.5. The first-order valence-electron chi connectivity index (χ1n) is 6.37. The molecule has 0 heterocycles. The van der Waals surface area contributed by atoms with E-state index in [1.165, 1.54) is 7.11 Å². The van der Waals surface area contributed by atoms with Gasteiger partial charge in [0, 0.05) is 13.7 Å². The van der Waals surface area contributed by atoms with Crippen molar-refractivity contribution in [2.24, 2.45) is 0 Å². The third-order valence-corrected chi connectivity index (χ3v) is 2.89. The van der Waals surface area contributed by atoms with E-state index in [0.29, 0.717) is 11.1 Å². The number of carboxylic acid groups (broad SMARTS) is 1. The molecule has 1 aromatic rings. The van der Waals surface area contributed by atoms with Crippen molar-refractivity contribution in [3.63, 3.8) is 0 Å². The molecule has 0 radical (unpaired) electrons. The topological polar surface area (TPSA) is 87.7 Å². The molecule has 0 aromatic heterocycles. The normalized spacial score (nSPS) is 11.8. The summed E-state index contributed by atoms with van der Waals surface area (Å²) in [4.78, 5) is 22.5. The zero-order chi connectivity index (χ0) is 16.0. The third kappa shape index (κ3) is 5.03. The fourth-order valence-electron chi connectivity index (χ4n) is 1.87. The van der Waals surface area contributed by atoms with Crippen LogP contribution in [0.15, 0.2) is 12.1 Å². The Morgan fingerprint density at radius 1 is 1.33 bits per heavy atom. The summed E-state index contributed by atoms with van der Waals surface area (Å²) >= 11 is 0. The van der Waals surface area contributed by atoms with Crippen LogP contribution in [-0.2, 0) is 16.1 Å². The highest BCUT2D eigenvalue weighted by molar-refractivity contribution is 5.82. The second-order valence-corrected chi connectivity index (χ2v) is 4.72. The number of ether oxygens (including phenoxy) is 1. The first-order chi connectivity index (χ1) is 9.85. The minimum absolute atomic E-state index is 0.127.